The van der Waals surface area contributed by atoms with Gasteiger partial charge in [-0.25, -0.2) is 13.1 Å². The molecule has 3 rings (SSSR count). The summed E-state index contributed by atoms with van der Waals surface area (Å²) in [6.07, 6.45) is 1.56. The van der Waals surface area contributed by atoms with Crippen molar-refractivity contribution in [1.29, 1.82) is 0 Å². The fraction of sp³-hybridized carbons (Fsp3) is 0.471. The van der Waals surface area contributed by atoms with Gasteiger partial charge in [-0.1, -0.05) is 6.07 Å². The van der Waals surface area contributed by atoms with Crippen LogP contribution in [0.1, 0.15) is 24.2 Å². The number of nitrogens with one attached hydrogen (secondary N) is 1. The van der Waals surface area contributed by atoms with Gasteiger partial charge in [-0.3, -0.25) is 4.68 Å². The van der Waals surface area contributed by atoms with Crippen molar-refractivity contribution in [2.45, 2.75) is 31.3 Å². The minimum atomic E-state index is -3.64. The Morgan fingerprint density at radius 1 is 1.31 bits per heavy atom. The molecule has 1 aliphatic heterocycles. The molecule has 1 aliphatic rings. The van der Waals surface area contributed by atoms with Crippen LogP contribution in [0.5, 0.6) is 11.5 Å². The Morgan fingerprint density at radius 3 is 2.69 bits per heavy atom. The smallest absolute Gasteiger partial charge is 0.244 e. The maximum absolute atomic E-state index is 12.7. The molecule has 8 nitrogen and oxygen atoms in total. The first-order chi connectivity index (χ1) is 12.3. The Kier molecular flexibility index (Phi) is 5.22. The first-order valence-corrected chi connectivity index (χ1v) is 9.90. The molecule has 9 heteroatoms. The van der Waals surface area contributed by atoms with E-state index in [0.717, 1.165) is 5.56 Å². The highest BCUT2D eigenvalue weighted by molar-refractivity contribution is 7.89. The summed E-state index contributed by atoms with van der Waals surface area (Å²) in [6, 6.07) is 5.51. The Bertz CT molecular complexity index is 892. The molecule has 26 heavy (non-hydrogen) atoms. The van der Waals surface area contributed by atoms with Gasteiger partial charge in [-0.05, 0) is 45.6 Å². The molecule has 1 N–H and O–H groups in total. The molecule has 1 aromatic carbocycles. The zero-order valence-corrected chi connectivity index (χ0v) is 16.2. The van der Waals surface area contributed by atoms with E-state index < -0.39 is 10.0 Å². The topological polar surface area (TPSA) is 85.7 Å². The van der Waals surface area contributed by atoms with Crippen LogP contribution in [0, 0.1) is 6.92 Å². The summed E-state index contributed by atoms with van der Waals surface area (Å²) in [5.74, 6) is 1.38. The van der Waals surface area contributed by atoms with E-state index in [1.54, 1.807) is 17.8 Å². The van der Waals surface area contributed by atoms with Crippen LogP contribution in [-0.4, -0.2) is 50.5 Å². The summed E-state index contributed by atoms with van der Waals surface area (Å²) < 4.78 is 40.5. The second kappa shape index (κ2) is 7.26. The zero-order valence-electron chi connectivity index (χ0n) is 15.4. The Labute approximate surface area is 153 Å². The van der Waals surface area contributed by atoms with E-state index >= 15 is 0 Å². The van der Waals surface area contributed by atoms with E-state index in [-0.39, 0.29) is 24.3 Å². The number of hydrogen-bond acceptors (Lipinski definition) is 6. The molecule has 0 unspecified atom stereocenters. The van der Waals surface area contributed by atoms with Gasteiger partial charge in [0, 0.05) is 25.3 Å². The molecule has 0 amide bonds. The number of aryl methyl sites for hydroxylation is 2. The molecule has 0 bridgehead atoms. The lowest BCUT2D eigenvalue weighted by Gasteiger charge is -2.25. The van der Waals surface area contributed by atoms with Crippen LogP contribution < -0.4 is 14.2 Å². The normalized spacial score (nSPS) is 14.8. The van der Waals surface area contributed by atoms with Crippen molar-refractivity contribution < 1.29 is 17.9 Å². The van der Waals surface area contributed by atoms with Crippen molar-refractivity contribution in [3.63, 3.8) is 0 Å². The van der Waals surface area contributed by atoms with E-state index in [4.69, 9.17) is 9.47 Å². The largest absolute Gasteiger partial charge is 0.454 e. The van der Waals surface area contributed by atoms with Crippen molar-refractivity contribution in [3.8, 4) is 11.5 Å². The second-order valence-electron chi connectivity index (χ2n) is 6.38. The molecule has 142 valence electrons. The van der Waals surface area contributed by atoms with E-state index in [2.05, 4.69) is 9.82 Å². The molecule has 0 spiro atoms. The lowest BCUT2D eigenvalue weighted by atomic mass is 10.1. The van der Waals surface area contributed by atoms with E-state index in [1.165, 1.54) is 0 Å². The first kappa shape index (κ1) is 18.7. The average molecular weight is 380 g/mol. The van der Waals surface area contributed by atoms with Crippen molar-refractivity contribution in [2.75, 3.05) is 27.4 Å². The number of aromatic nitrogens is 2. The number of hydrogen-bond donors (Lipinski definition) is 1. The summed E-state index contributed by atoms with van der Waals surface area (Å²) in [5, 5.41) is 4.21. The van der Waals surface area contributed by atoms with Crippen molar-refractivity contribution in [3.05, 3.63) is 35.7 Å². The van der Waals surface area contributed by atoms with Crippen LogP contribution in [-0.2, 0) is 16.6 Å². The van der Waals surface area contributed by atoms with Crippen LogP contribution in [0.15, 0.2) is 29.3 Å². The van der Waals surface area contributed by atoms with E-state index in [0.29, 0.717) is 23.7 Å². The predicted octanol–water partition coefficient (Wildman–Crippen LogP) is 1.52. The van der Waals surface area contributed by atoms with Gasteiger partial charge in [0.2, 0.25) is 16.8 Å². The predicted molar refractivity (Wildman–Crippen MR) is 96.8 cm³/mol. The third kappa shape index (κ3) is 3.69. The summed E-state index contributed by atoms with van der Waals surface area (Å²) >= 11 is 0. The Balaban J connectivity index is 1.79. The van der Waals surface area contributed by atoms with Gasteiger partial charge in [0.15, 0.2) is 11.5 Å². The average Bonchev–Trinajstić information content (AvgIpc) is 3.20. The fourth-order valence-corrected chi connectivity index (χ4v) is 4.13. The molecular weight excluding hydrogens is 356 g/mol. The molecule has 0 saturated heterocycles. The number of ether oxygens (including phenoxy) is 2. The van der Waals surface area contributed by atoms with Crippen molar-refractivity contribution in [2.24, 2.45) is 0 Å². The molecule has 0 fully saturated rings. The van der Waals surface area contributed by atoms with Crippen LogP contribution in [0.2, 0.25) is 0 Å². The minimum Gasteiger partial charge on any atom is -0.454 e. The highest BCUT2D eigenvalue weighted by Gasteiger charge is 2.24. The van der Waals surface area contributed by atoms with E-state index in [9.17, 15) is 8.42 Å². The summed E-state index contributed by atoms with van der Waals surface area (Å²) in [6.45, 7) is 4.66. The third-order valence-electron chi connectivity index (χ3n) is 4.39. The molecular formula is C17H24N4O4S. The van der Waals surface area contributed by atoms with E-state index in [1.807, 2.05) is 44.1 Å². The molecule has 1 atom stereocenters. The molecule has 0 saturated carbocycles. The van der Waals surface area contributed by atoms with Crippen molar-refractivity contribution in [1.82, 2.24) is 19.4 Å². The number of sulfonamides is 1. The summed E-state index contributed by atoms with van der Waals surface area (Å²) in [4.78, 5) is 2.17. The van der Waals surface area contributed by atoms with Gasteiger partial charge in [-0.15, -0.1) is 0 Å². The first-order valence-electron chi connectivity index (χ1n) is 8.41. The van der Waals surface area contributed by atoms with Gasteiger partial charge in [0.05, 0.1) is 5.69 Å². The molecule has 1 aromatic heterocycles. The number of benzene rings is 1. The summed E-state index contributed by atoms with van der Waals surface area (Å²) in [5.41, 5.74) is 1.44. The van der Waals surface area contributed by atoms with Crippen LogP contribution >= 0.6 is 0 Å². The zero-order chi connectivity index (χ0) is 18.9. The molecule has 2 aromatic rings. The van der Waals surface area contributed by atoms with Gasteiger partial charge < -0.3 is 14.4 Å². The Hall–Kier alpha value is -2.10. The quantitative estimate of drug-likeness (QED) is 0.784. The third-order valence-corrected chi connectivity index (χ3v) is 5.91. The van der Waals surface area contributed by atoms with Crippen LogP contribution in [0.4, 0.5) is 0 Å². The lowest BCUT2D eigenvalue weighted by Crippen LogP contribution is -2.34. The standard InChI is InChI=1S/C17H24N4O4S/c1-5-21-10-17(12(2)19-21)26(22,23)18-9-14(20(3)4)13-6-7-15-16(8-13)25-11-24-15/h6-8,10,14,18H,5,9,11H2,1-4H3/t14-/m1/s1. The highest BCUT2D eigenvalue weighted by atomic mass is 32.2. The Morgan fingerprint density at radius 2 is 2.04 bits per heavy atom. The maximum Gasteiger partial charge on any atom is 0.244 e. The maximum atomic E-state index is 12.7. The molecule has 0 aliphatic carbocycles. The number of likely N-dealkylation sites (N-methyl/N-ethyl adjacent to an activating group) is 1. The summed E-state index contributed by atoms with van der Waals surface area (Å²) in [7, 11) is 0.169. The number of nitrogens with zero attached hydrogens (tertiary/aromatic N) is 3. The van der Waals surface area contributed by atoms with Crippen molar-refractivity contribution >= 4 is 10.0 Å². The van der Waals surface area contributed by atoms with Gasteiger partial charge >= 0.3 is 0 Å². The lowest BCUT2D eigenvalue weighted by molar-refractivity contribution is 0.174. The number of rotatable bonds is 7. The minimum absolute atomic E-state index is 0.152. The number of fused-ring (bicyclic) bond motifs is 1. The van der Waals surface area contributed by atoms with Gasteiger partial charge in [0.25, 0.3) is 0 Å². The van der Waals surface area contributed by atoms with Crippen LogP contribution in [0.3, 0.4) is 0 Å². The molecule has 0 radical (unpaired) electrons. The fourth-order valence-electron chi connectivity index (χ4n) is 2.91. The van der Waals surface area contributed by atoms with Gasteiger partial charge in [-0.2, -0.15) is 5.10 Å². The van der Waals surface area contributed by atoms with Crippen LogP contribution in [0.25, 0.3) is 0 Å². The van der Waals surface area contributed by atoms with Gasteiger partial charge in [0.1, 0.15) is 4.90 Å². The second-order valence-corrected chi connectivity index (χ2v) is 8.11. The SMILES string of the molecule is CCn1cc(S(=O)(=O)NC[C@H](c2ccc3c(c2)OCO3)N(C)C)c(C)n1. The highest BCUT2D eigenvalue weighted by Crippen LogP contribution is 2.35. The monoisotopic (exact) mass is 380 g/mol. The molecule has 2 heterocycles.